The fraction of sp³-hybridized carbons (Fsp3) is 0.111. The molecule has 2 heterocycles. The van der Waals surface area contributed by atoms with Crippen molar-refractivity contribution in [2.24, 2.45) is 0 Å². The fourth-order valence-electron chi connectivity index (χ4n) is 2.91. The first-order valence-electron chi connectivity index (χ1n) is 7.48. The molecule has 6 heteroatoms. The molecule has 1 N–H and O–H groups in total. The van der Waals surface area contributed by atoms with E-state index in [1.54, 1.807) is 0 Å². The van der Waals surface area contributed by atoms with Gasteiger partial charge in [-0.2, -0.15) is 0 Å². The minimum Gasteiger partial charge on any atom is -0.298 e. The highest BCUT2D eigenvalue weighted by atomic mass is 32.1. The minimum atomic E-state index is -0.760. The predicted octanol–water partition coefficient (Wildman–Crippen LogP) is 3.54. The fourth-order valence-corrected chi connectivity index (χ4v) is 3.86. The maximum atomic E-state index is 12.7. The van der Waals surface area contributed by atoms with E-state index in [0.29, 0.717) is 10.2 Å². The lowest BCUT2D eigenvalue weighted by atomic mass is 10.0. The first kappa shape index (κ1) is 14.8. The van der Waals surface area contributed by atoms with Gasteiger partial charge in [0.25, 0.3) is 5.56 Å². The highest BCUT2D eigenvalue weighted by molar-refractivity contribution is 7.17. The van der Waals surface area contributed by atoms with Crippen molar-refractivity contribution in [1.82, 2.24) is 9.55 Å². The average Bonchev–Trinajstić information content (AvgIpc) is 3.02. The number of hydrogen-bond donors (Lipinski definition) is 1. The van der Waals surface area contributed by atoms with Gasteiger partial charge in [-0.15, -0.1) is 11.3 Å². The van der Waals surface area contributed by atoms with E-state index in [9.17, 15) is 14.0 Å². The molecule has 0 saturated carbocycles. The summed E-state index contributed by atoms with van der Waals surface area (Å²) >= 11 is 1.31. The molecule has 0 bridgehead atoms. The lowest BCUT2D eigenvalue weighted by Crippen LogP contribution is -2.35. The molecule has 0 aliphatic heterocycles. The van der Waals surface area contributed by atoms with Crippen LogP contribution in [0.1, 0.15) is 0 Å². The number of hydrogen-bond acceptors (Lipinski definition) is 3. The molecule has 120 valence electrons. The Balaban J connectivity index is 2.00. The van der Waals surface area contributed by atoms with E-state index in [1.807, 2.05) is 47.8 Å². The standard InChI is InChI=1S/C18H13FN2O2S/c19-7-8-21-17(22)15-14(10-24-16(15)20-18(21)23)13-6-5-11-3-1-2-4-12(11)9-13/h1-6,9-10H,7-8H2,(H,20,23). The zero-order chi connectivity index (χ0) is 16.7. The number of fused-ring (bicyclic) bond motifs is 2. The van der Waals surface area contributed by atoms with Crippen LogP contribution in [0, 0.1) is 0 Å². The Hall–Kier alpha value is -2.73. The van der Waals surface area contributed by atoms with Crippen LogP contribution < -0.4 is 11.2 Å². The molecular formula is C18H13FN2O2S. The first-order chi connectivity index (χ1) is 11.7. The highest BCUT2D eigenvalue weighted by Gasteiger charge is 2.15. The number of aromatic nitrogens is 2. The van der Waals surface area contributed by atoms with Crippen LogP contribution >= 0.6 is 11.3 Å². The number of benzene rings is 2. The van der Waals surface area contributed by atoms with Gasteiger partial charge in [0.05, 0.1) is 11.9 Å². The Labute approximate surface area is 139 Å². The zero-order valence-corrected chi connectivity index (χ0v) is 13.4. The molecule has 0 atom stereocenters. The number of H-pyrrole nitrogens is 1. The van der Waals surface area contributed by atoms with Crippen LogP contribution in [0.5, 0.6) is 0 Å². The summed E-state index contributed by atoms with van der Waals surface area (Å²) in [4.78, 5) is 27.7. The molecule has 0 fully saturated rings. The van der Waals surface area contributed by atoms with Crippen molar-refractivity contribution in [3.8, 4) is 11.1 Å². The molecule has 0 aliphatic carbocycles. The Morgan fingerprint density at radius 2 is 1.88 bits per heavy atom. The number of aromatic amines is 1. The Bertz CT molecular complexity index is 1170. The predicted molar refractivity (Wildman–Crippen MR) is 95.6 cm³/mol. The van der Waals surface area contributed by atoms with Gasteiger partial charge in [0, 0.05) is 10.9 Å². The van der Waals surface area contributed by atoms with Gasteiger partial charge < -0.3 is 0 Å². The van der Waals surface area contributed by atoms with Crippen molar-refractivity contribution in [3.05, 3.63) is 68.7 Å². The van der Waals surface area contributed by atoms with E-state index in [2.05, 4.69) is 4.98 Å². The van der Waals surface area contributed by atoms with Crippen LogP contribution in [0.4, 0.5) is 4.39 Å². The van der Waals surface area contributed by atoms with Crippen molar-refractivity contribution in [2.75, 3.05) is 6.67 Å². The van der Waals surface area contributed by atoms with Gasteiger partial charge in [-0.25, -0.2) is 9.18 Å². The molecule has 24 heavy (non-hydrogen) atoms. The number of nitrogens with one attached hydrogen (secondary N) is 1. The Morgan fingerprint density at radius 1 is 1.08 bits per heavy atom. The summed E-state index contributed by atoms with van der Waals surface area (Å²) < 4.78 is 13.6. The summed E-state index contributed by atoms with van der Waals surface area (Å²) in [5.74, 6) is 0. The van der Waals surface area contributed by atoms with Crippen LogP contribution in [0.15, 0.2) is 57.4 Å². The van der Waals surface area contributed by atoms with E-state index in [4.69, 9.17) is 0 Å². The summed E-state index contributed by atoms with van der Waals surface area (Å²) in [5, 5.41) is 4.47. The molecule has 0 spiro atoms. The third-order valence-electron chi connectivity index (χ3n) is 4.08. The summed E-state index contributed by atoms with van der Waals surface area (Å²) in [6.45, 7) is -0.999. The van der Waals surface area contributed by atoms with Crippen LogP contribution in [0.2, 0.25) is 0 Å². The maximum Gasteiger partial charge on any atom is 0.329 e. The van der Waals surface area contributed by atoms with Crippen molar-refractivity contribution in [1.29, 1.82) is 0 Å². The second-order valence-corrected chi connectivity index (χ2v) is 6.37. The second-order valence-electron chi connectivity index (χ2n) is 5.49. The van der Waals surface area contributed by atoms with Gasteiger partial charge in [0.2, 0.25) is 0 Å². The van der Waals surface area contributed by atoms with Gasteiger partial charge in [-0.1, -0.05) is 36.4 Å². The topological polar surface area (TPSA) is 54.9 Å². The van der Waals surface area contributed by atoms with Crippen molar-refractivity contribution >= 4 is 32.3 Å². The summed E-state index contributed by atoms with van der Waals surface area (Å²) in [5.41, 5.74) is 0.637. The maximum absolute atomic E-state index is 12.7. The molecule has 0 amide bonds. The monoisotopic (exact) mass is 340 g/mol. The molecular weight excluding hydrogens is 327 g/mol. The normalized spacial score (nSPS) is 11.4. The van der Waals surface area contributed by atoms with Crippen molar-refractivity contribution in [3.63, 3.8) is 0 Å². The van der Waals surface area contributed by atoms with E-state index >= 15 is 0 Å². The number of nitrogens with zero attached hydrogens (tertiary/aromatic N) is 1. The van der Waals surface area contributed by atoms with Gasteiger partial charge in [-0.3, -0.25) is 14.3 Å². The number of halogens is 1. The minimum absolute atomic E-state index is 0.239. The van der Waals surface area contributed by atoms with E-state index in [1.165, 1.54) is 11.3 Å². The third-order valence-corrected chi connectivity index (χ3v) is 4.98. The molecule has 2 aromatic carbocycles. The number of rotatable bonds is 3. The van der Waals surface area contributed by atoms with Gasteiger partial charge in [0.1, 0.15) is 11.5 Å². The van der Waals surface area contributed by atoms with E-state index in [-0.39, 0.29) is 6.54 Å². The van der Waals surface area contributed by atoms with E-state index in [0.717, 1.165) is 26.5 Å². The molecule has 0 aliphatic rings. The first-order valence-corrected chi connectivity index (χ1v) is 8.36. The van der Waals surface area contributed by atoms with Gasteiger partial charge in [-0.05, 0) is 22.4 Å². The summed E-state index contributed by atoms with van der Waals surface area (Å²) in [6.07, 6.45) is 0. The van der Waals surface area contributed by atoms with Crippen LogP contribution in [-0.2, 0) is 6.54 Å². The summed E-state index contributed by atoms with van der Waals surface area (Å²) in [7, 11) is 0. The molecule has 0 saturated heterocycles. The van der Waals surface area contributed by atoms with E-state index < -0.39 is 17.9 Å². The molecule has 2 aromatic heterocycles. The lowest BCUT2D eigenvalue weighted by molar-refractivity contribution is 0.434. The average molecular weight is 340 g/mol. The highest BCUT2D eigenvalue weighted by Crippen LogP contribution is 2.32. The van der Waals surface area contributed by atoms with Crippen molar-refractivity contribution < 1.29 is 4.39 Å². The van der Waals surface area contributed by atoms with Gasteiger partial charge >= 0.3 is 5.69 Å². The second kappa shape index (κ2) is 5.72. The zero-order valence-electron chi connectivity index (χ0n) is 12.6. The smallest absolute Gasteiger partial charge is 0.298 e. The quantitative estimate of drug-likeness (QED) is 0.620. The van der Waals surface area contributed by atoms with Gasteiger partial charge in [0.15, 0.2) is 0 Å². The third kappa shape index (κ3) is 2.27. The Kier molecular flexibility index (Phi) is 3.54. The largest absolute Gasteiger partial charge is 0.329 e. The van der Waals surface area contributed by atoms with Crippen LogP contribution in [0.25, 0.3) is 32.1 Å². The summed E-state index contributed by atoms with van der Waals surface area (Å²) in [6, 6.07) is 13.9. The molecule has 0 unspecified atom stereocenters. The molecule has 0 radical (unpaired) electrons. The molecule has 4 rings (SSSR count). The molecule has 4 nitrogen and oxygen atoms in total. The number of thiophene rings is 1. The number of alkyl halides is 1. The van der Waals surface area contributed by atoms with Crippen molar-refractivity contribution in [2.45, 2.75) is 6.54 Å². The Morgan fingerprint density at radius 3 is 2.67 bits per heavy atom. The van der Waals surface area contributed by atoms with Crippen LogP contribution in [-0.4, -0.2) is 16.2 Å². The SMILES string of the molecule is O=c1[nH]c2scc(-c3ccc4ccccc4c3)c2c(=O)n1CCF. The molecule has 4 aromatic rings. The lowest BCUT2D eigenvalue weighted by Gasteiger charge is -2.05. The van der Waals surface area contributed by atoms with Crippen LogP contribution in [0.3, 0.4) is 0 Å².